The van der Waals surface area contributed by atoms with E-state index in [2.05, 4.69) is 31.6 Å². The first-order valence-corrected chi connectivity index (χ1v) is 12.8. The number of azo groups is 1. The molecule has 3 N–H and O–H groups in total. The molecular weight excluding hydrogens is 697 g/mol. The Bertz CT molecular complexity index is 1870. The molecule has 4 aromatic rings. The molecule has 0 fully saturated rings. The van der Waals surface area contributed by atoms with Gasteiger partial charge in [0.05, 0.1) is 0 Å². The Labute approximate surface area is 297 Å². The largest absolute Gasteiger partial charge is 1.00 e. The smallest absolute Gasteiger partial charge is 0.744 e. The van der Waals surface area contributed by atoms with Gasteiger partial charge in [0.2, 0.25) is 5.95 Å². The normalized spacial score (nSPS) is 10.5. The van der Waals surface area contributed by atoms with Gasteiger partial charge < -0.3 is 20.1 Å². The van der Waals surface area contributed by atoms with Gasteiger partial charge in [-0.3, -0.25) is 0 Å². The number of benzene rings is 3. The number of halogens is 3. The van der Waals surface area contributed by atoms with Crippen LogP contribution in [-0.4, -0.2) is 45.8 Å². The summed E-state index contributed by atoms with van der Waals surface area (Å²) in [5.41, 5.74) is 0.254. The second-order valence-corrected chi connectivity index (χ2v) is 9.48. The van der Waals surface area contributed by atoms with Crippen LogP contribution in [0.2, 0.25) is 5.02 Å². The predicted octanol–water partition coefficient (Wildman–Crippen LogP) is -1.85. The summed E-state index contributed by atoms with van der Waals surface area (Å²) in [4.78, 5) is 5.56. The number of hydrogen-bond acceptors (Lipinski definition) is 13. The molecule has 13 nitrogen and oxygen atoms in total. The van der Waals surface area contributed by atoms with Gasteiger partial charge in [-0.2, -0.15) is 36.0 Å². The van der Waals surface area contributed by atoms with Crippen molar-refractivity contribution in [2.45, 2.75) is 11.8 Å². The first kappa shape index (κ1) is 40.2. The van der Waals surface area contributed by atoms with Gasteiger partial charge in [-0.15, -0.1) is 29.2 Å². The number of fused-ring (bicyclic) bond motifs is 1. The van der Waals surface area contributed by atoms with Crippen molar-refractivity contribution >= 4 is 66.0 Å². The van der Waals surface area contributed by atoms with E-state index < -0.39 is 54.2 Å². The van der Waals surface area contributed by atoms with Crippen LogP contribution in [0, 0.1) is 25.0 Å². The molecule has 0 aliphatic carbocycles. The third-order valence-electron chi connectivity index (χ3n) is 4.65. The second-order valence-electron chi connectivity index (χ2n) is 7.35. The molecule has 42 heavy (non-hydrogen) atoms. The quantitative estimate of drug-likeness (QED) is 0.0523. The van der Waals surface area contributed by atoms with Gasteiger partial charge in [-0.1, -0.05) is 22.6 Å². The average molecular weight is 709 g/mol. The van der Waals surface area contributed by atoms with Crippen LogP contribution >= 0.6 is 11.6 Å². The van der Waals surface area contributed by atoms with E-state index in [4.69, 9.17) is 24.2 Å². The van der Waals surface area contributed by atoms with Crippen molar-refractivity contribution in [3.8, 4) is 11.5 Å². The molecule has 3 aromatic carbocycles. The fourth-order valence-electron chi connectivity index (χ4n) is 3.16. The summed E-state index contributed by atoms with van der Waals surface area (Å²) in [7, 11) is -8.02. The molecular formula is C21H12ClCuF2N5Na2O8S2. The average Bonchev–Trinajstić information content (AvgIpc) is 2.81. The van der Waals surface area contributed by atoms with Gasteiger partial charge in [-0.05, 0) is 25.1 Å². The van der Waals surface area contributed by atoms with Crippen LogP contribution in [-0.2, 0) is 37.8 Å². The molecule has 0 aliphatic heterocycles. The molecule has 0 saturated heterocycles. The number of hydrogen-bond donors (Lipinski definition) is 3. The van der Waals surface area contributed by atoms with E-state index in [9.17, 15) is 32.0 Å². The molecule has 0 amide bonds. The number of nitrogens with zero attached hydrogens (tertiary/aromatic N) is 4. The maximum absolute atomic E-state index is 13.5. The Hall–Kier alpha value is -1.80. The van der Waals surface area contributed by atoms with Crippen LogP contribution in [0.3, 0.4) is 0 Å². The molecule has 0 aliphatic rings. The predicted molar refractivity (Wildman–Crippen MR) is 129 cm³/mol. The van der Waals surface area contributed by atoms with Gasteiger partial charge in [-0.25, -0.2) is 8.42 Å². The fraction of sp³-hybridized carbons (Fsp3) is 0.0476. The maximum atomic E-state index is 13.5. The van der Waals surface area contributed by atoms with Gasteiger partial charge in [0.15, 0.2) is 5.82 Å². The van der Waals surface area contributed by atoms with E-state index in [1.54, 1.807) is 13.0 Å². The summed E-state index contributed by atoms with van der Waals surface area (Å²) in [6.45, 7) is 1.59. The molecule has 0 unspecified atom stereocenters. The van der Waals surface area contributed by atoms with Crippen LogP contribution < -0.4 is 64.4 Å². The molecule has 1 aromatic heterocycles. The molecule has 4 rings (SSSR count). The third-order valence-corrected chi connectivity index (χ3v) is 5.85. The summed E-state index contributed by atoms with van der Waals surface area (Å²) in [6, 6.07) is 10.4. The van der Waals surface area contributed by atoms with Gasteiger partial charge >= 0.3 is 75.8 Å². The summed E-state index contributed by atoms with van der Waals surface area (Å²) in [5.74, 6) is -2.71. The molecule has 1 radical (unpaired) electrons. The minimum absolute atomic E-state index is 0. The van der Waals surface area contributed by atoms with E-state index >= 15 is 0 Å². The molecule has 215 valence electrons. The molecule has 0 saturated carbocycles. The summed E-state index contributed by atoms with van der Waals surface area (Å²) < 4.78 is 87.1. The van der Waals surface area contributed by atoms with Gasteiger partial charge in [0.25, 0.3) is 0 Å². The van der Waals surface area contributed by atoms with E-state index in [-0.39, 0.29) is 110 Å². The Morgan fingerprint density at radius 3 is 2.26 bits per heavy atom. The molecule has 0 bridgehead atoms. The molecule has 0 atom stereocenters. The zero-order valence-electron chi connectivity index (χ0n) is 21.3. The van der Waals surface area contributed by atoms with Crippen LogP contribution in [0.5, 0.6) is 11.5 Å². The van der Waals surface area contributed by atoms with Crippen molar-refractivity contribution in [1.29, 1.82) is 0 Å². The monoisotopic (exact) mass is 708 g/mol. The van der Waals surface area contributed by atoms with Gasteiger partial charge in [0.1, 0.15) is 26.6 Å². The second kappa shape index (κ2) is 16.9. The Morgan fingerprint density at radius 2 is 1.69 bits per heavy atom. The minimum Gasteiger partial charge on any atom is -0.744 e. The maximum Gasteiger partial charge on any atom is 1.00 e. The number of aryl methyl sites for hydroxylation is 1. The zero-order valence-corrected chi connectivity index (χ0v) is 28.7. The summed E-state index contributed by atoms with van der Waals surface area (Å²) in [5, 5.41) is 30.4. The Balaban J connectivity index is 0.00000226. The standard InChI is InChI=1S/C21H13ClF2N5O5S.Cu.2Na.O3S/c1-9-6-10-2-4-13(18(31)16(10)15(7-9)35(32,33)34)29-28-12-5-3-11(8-14(12)30)25-20-17(22)19(23)26-21(24)27-20;;;;1-4(2)3/h2-3,5-8,30-31H,1H3,(H,25,26,27)(H,32,33,34);;;;/q-1;;2*+1;/p-1. The fourth-order valence-corrected chi connectivity index (χ4v) is 4.08. The number of nitrogens with one attached hydrogen (secondary N) is 1. The van der Waals surface area contributed by atoms with Crippen LogP contribution in [0.4, 0.5) is 31.7 Å². The Morgan fingerprint density at radius 1 is 1.07 bits per heavy atom. The topological polar surface area (TPSA) is 211 Å². The number of anilines is 2. The first-order chi connectivity index (χ1) is 18.2. The van der Waals surface area contributed by atoms with E-state index in [0.29, 0.717) is 5.56 Å². The molecule has 0 spiro atoms. The number of rotatable bonds is 5. The summed E-state index contributed by atoms with van der Waals surface area (Å²) >= 11 is 5.70. The summed E-state index contributed by atoms with van der Waals surface area (Å²) in [6.07, 6.45) is -1.35. The zero-order chi connectivity index (χ0) is 29.1. The van der Waals surface area contributed by atoms with Gasteiger partial charge in [0, 0.05) is 45.2 Å². The molecule has 21 heteroatoms. The van der Waals surface area contributed by atoms with Crippen LogP contribution in [0.1, 0.15) is 5.56 Å². The van der Waals surface area contributed by atoms with Crippen molar-refractivity contribution in [1.82, 2.24) is 9.97 Å². The van der Waals surface area contributed by atoms with Crippen LogP contribution in [0.15, 0.2) is 51.5 Å². The third kappa shape index (κ3) is 10.4. The minimum atomic E-state index is -4.91. The van der Waals surface area contributed by atoms with Crippen LogP contribution in [0.25, 0.3) is 10.8 Å². The van der Waals surface area contributed by atoms with E-state index in [1.807, 2.05) is 0 Å². The number of aromatic hydroxyl groups is 2. The number of phenols is 2. The molecule has 1 heterocycles. The van der Waals surface area contributed by atoms with Crippen molar-refractivity contribution < 1.29 is 121 Å². The van der Waals surface area contributed by atoms with Crippen molar-refractivity contribution in [3.05, 3.63) is 65.1 Å². The Kier molecular flexibility index (Phi) is 16.2. The van der Waals surface area contributed by atoms with Crippen molar-refractivity contribution in [2.75, 3.05) is 5.32 Å². The van der Waals surface area contributed by atoms with Crippen molar-refractivity contribution in [2.24, 2.45) is 10.2 Å². The number of phenolic OH excluding ortho intramolecular Hbond substituents is 2. The number of aromatic nitrogens is 2. The van der Waals surface area contributed by atoms with E-state index in [1.165, 1.54) is 18.2 Å². The van der Waals surface area contributed by atoms with Crippen molar-refractivity contribution in [3.63, 3.8) is 0 Å². The van der Waals surface area contributed by atoms with E-state index in [0.717, 1.165) is 12.1 Å². The SMILES string of the molecule is Cc1cc(S(=O)(=O)[O-])c2c(O)c(N=Nc3ccc(Nc4nc(F)nc(F)c4Cl)cc3O)[c-]cc2c1.O=S(=O)=O.[Cu].[Na+].[Na+]. The first-order valence-electron chi connectivity index (χ1n) is 9.98.